The number of hydrogen-bond donors (Lipinski definition) is 1. The number of rotatable bonds is 3. The number of methoxy groups -OCH3 is 1. The second-order valence-electron chi connectivity index (χ2n) is 9.78. The first-order valence-corrected chi connectivity index (χ1v) is 12.5. The van der Waals surface area contributed by atoms with E-state index in [-0.39, 0.29) is 21.6 Å². The standard InChI is InChI=1S/C26H24Cl2FN5O4/c1-26(2,3)38-25(36)33-9-7-13(8-10-33)18-17(37-4)11-15-19-22(18)32-24(35)34(23(19)31-12-30-15)16-6-5-14(27)20(28)21(16)29/h5-7,11-12H,8-10H2,1-4H3,(H,30,31). The van der Waals surface area contributed by atoms with Crippen LogP contribution in [0.2, 0.25) is 10.0 Å². The largest absolute Gasteiger partial charge is 0.496 e. The highest BCUT2D eigenvalue weighted by molar-refractivity contribution is 6.42. The molecule has 0 unspecified atom stereocenters. The lowest BCUT2D eigenvalue weighted by Crippen LogP contribution is -2.39. The van der Waals surface area contributed by atoms with Crippen LogP contribution in [0, 0.1) is 5.82 Å². The summed E-state index contributed by atoms with van der Waals surface area (Å²) in [6.45, 7) is 6.16. The summed E-state index contributed by atoms with van der Waals surface area (Å²) < 4.78 is 27.4. The molecule has 3 heterocycles. The number of aromatic nitrogens is 2. The zero-order valence-corrected chi connectivity index (χ0v) is 22.6. The molecule has 1 amide bonds. The lowest BCUT2D eigenvalue weighted by atomic mass is 9.94. The molecule has 12 heteroatoms. The highest BCUT2D eigenvalue weighted by Crippen LogP contribution is 2.44. The van der Waals surface area contributed by atoms with Crippen LogP contribution in [0.15, 0.2) is 34.1 Å². The maximum Gasteiger partial charge on any atom is 0.410 e. The van der Waals surface area contributed by atoms with E-state index in [2.05, 4.69) is 15.3 Å². The Morgan fingerprint density at radius 1 is 1.24 bits per heavy atom. The number of hydrogen-bond acceptors (Lipinski definition) is 7. The van der Waals surface area contributed by atoms with E-state index in [1.807, 2.05) is 26.8 Å². The molecular weight excluding hydrogens is 536 g/mol. The Labute approximate surface area is 227 Å². The van der Waals surface area contributed by atoms with Gasteiger partial charge in [0, 0.05) is 24.7 Å². The van der Waals surface area contributed by atoms with E-state index in [4.69, 9.17) is 32.7 Å². The fourth-order valence-corrected chi connectivity index (χ4v) is 4.80. The van der Waals surface area contributed by atoms with E-state index in [1.165, 1.54) is 25.6 Å². The van der Waals surface area contributed by atoms with Crippen molar-refractivity contribution in [1.82, 2.24) is 14.5 Å². The Kier molecular flexibility index (Phi) is 6.56. The minimum absolute atomic E-state index is 0.0194. The first kappa shape index (κ1) is 26.0. The molecule has 0 saturated heterocycles. The van der Waals surface area contributed by atoms with Crippen LogP contribution in [0.5, 0.6) is 5.75 Å². The van der Waals surface area contributed by atoms with E-state index in [9.17, 15) is 9.59 Å². The molecule has 3 aromatic rings. The normalized spacial score (nSPS) is 14.8. The fourth-order valence-electron chi connectivity index (χ4n) is 4.50. The molecule has 1 aromatic heterocycles. The molecule has 0 radical (unpaired) electrons. The van der Waals surface area contributed by atoms with Gasteiger partial charge in [0.25, 0.3) is 0 Å². The number of anilines is 1. The lowest BCUT2D eigenvalue weighted by molar-refractivity contribution is 0.0270. The van der Waals surface area contributed by atoms with Crippen molar-refractivity contribution in [1.29, 1.82) is 0 Å². The molecule has 2 aliphatic rings. The molecule has 5 rings (SSSR count). The van der Waals surface area contributed by atoms with Crippen LogP contribution >= 0.6 is 23.2 Å². The number of halogens is 3. The number of carbonyl (C=O) groups excluding carboxylic acids is 1. The van der Waals surface area contributed by atoms with Crippen LogP contribution in [0.4, 0.5) is 20.7 Å². The Balaban J connectivity index is 1.68. The van der Waals surface area contributed by atoms with Crippen LogP contribution in [-0.4, -0.2) is 52.7 Å². The Morgan fingerprint density at radius 3 is 2.66 bits per heavy atom. The van der Waals surface area contributed by atoms with Gasteiger partial charge in [0.1, 0.15) is 11.4 Å². The van der Waals surface area contributed by atoms with Crippen LogP contribution in [-0.2, 0) is 4.74 Å². The van der Waals surface area contributed by atoms with Crippen molar-refractivity contribution in [3.63, 3.8) is 0 Å². The molecule has 0 bridgehead atoms. The Hall–Kier alpha value is -3.63. The van der Waals surface area contributed by atoms with E-state index < -0.39 is 23.2 Å². The monoisotopic (exact) mass is 559 g/mol. The van der Waals surface area contributed by atoms with Crippen LogP contribution in [0.3, 0.4) is 0 Å². The second-order valence-corrected chi connectivity index (χ2v) is 10.6. The highest BCUT2D eigenvalue weighted by atomic mass is 35.5. The average molecular weight is 560 g/mol. The third-order valence-electron chi connectivity index (χ3n) is 6.16. The molecule has 38 heavy (non-hydrogen) atoms. The molecule has 0 saturated carbocycles. The van der Waals surface area contributed by atoms with E-state index in [0.717, 1.165) is 10.1 Å². The summed E-state index contributed by atoms with van der Waals surface area (Å²) in [6.07, 6.45) is 3.36. The molecule has 0 spiro atoms. The summed E-state index contributed by atoms with van der Waals surface area (Å²) in [6, 6.07) is 4.53. The maximum atomic E-state index is 15.1. The third-order valence-corrected chi connectivity index (χ3v) is 6.94. The van der Waals surface area contributed by atoms with Gasteiger partial charge in [0.05, 0.1) is 45.8 Å². The summed E-state index contributed by atoms with van der Waals surface area (Å²) in [5, 5.41) is 3.27. The zero-order valence-electron chi connectivity index (χ0n) is 21.1. The van der Waals surface area contributed by atoms with Gasteiger partial charge in [-0.2, -0.15) is 4.98 Å². The van der Waals surface area contributed by atoms with Gasteiger partial charge in [-0.25, -0.2) is 23.5 Å². The Bertz CT molecular complexity index is 1610. The molecule has 0 aliphatic carbocycles. The predicted octanol–water partition coefficient (Wildman–Crippen LogP) is 5.95. The van der Waals surface area contributed by atoms with Crippen molar-refractivity contribution in [2.24, 2.45) is 4.99 Å². The van der Waals surface area contributed by atoms with E-state index >= 15 is 4.39 Å². The number of ether oxygens (including phenoxy) is 2. The molecule has 2 aliphatic heterocycles. The van der Waals surface area contributed by atoms with Crippen molar-refractivity contribution >= 4 is 63.6 Å². The van der Waals surface area contributed by atoms with Crippen LogP contribution in [0.1, 0.15) is 32.8 Å². The molecule has 198 valence electrons. The highest BCUT2D eigenvalue weighted by Gasteiger charge is 2.29. The smallest absolute Gasteiger partial charge is 0.410 e. The Morgan fingerprint density at radius 2 is 2.00 bits per heavy atom. The third kappa shape index (κ3) is 4.48. The second kappa shape index (κ2) is 9.59. The van der Waals surface area contributed by atoms with Crippen molar-refractivity contribution in [2.75, 3.05) is 25.5 Å². The first-order valence-electron chi connectivity index (χ1n) is 11.8. The summed E-state index contributed by atoms with van der Waals surface area (Å²) >= 11 is 12.0. The quantitative estimate of drug-likeness (QED) is 0.398. The molecule has 9 nitrogen and oxygen atoms in total. The summed E-state index contributed by atoms with van der Waals surface area (Å²) in [7, 11) is 1.53. The first-order chi connectivity index (χ1) is 18.0. The van der Waals surface area contributed by atoms with Crippen molar-refractivity contribution in [3.05, 3.63) is 56.2 Å². The van der Waals surface area contributed by atoms with Gasteiger partial charge in [0.2, 0.25) is 0 Å². The number of carbonyl (C=O) groups is 1. The van der Waals surface area contributed by atoms with Crippen LogP contribution < -0.4 is 15.7 Å². The SMILES string of the molecule is COc1cc2c3c(n(-c4ccc(Cl)c(Cl)c4F)c(=O)nc3c1C1=CCN(C(=O)OC(C)(C)C)CC1)N=CN2. The van der Waals surface area contributed by atoms with Gasteiger partial charge >= 0.3 is 11.8 Å². The molecular formula is C26H24Cl2FN5O4. The van der Waals surface area contributed by atoms with Gasteiger partial charge < -0.3 is 19.7 Å². The number of benzene rings is 2. The minimum Gasteiger partial charge on any atom is -0.496 e. The number of nitrogens with zero attached hydrogens (tertiary/aromatic N) is 4. The number of amides is 1. The molecule has 0 atom stereocenters. The van der Waals surface area contributed by atoms with Crippen molar-refractivity contribution < 1.29 is 18.7 Å². The van der Waals surface area contributed by atoms with Gasteiger partial charge in [-0.15, -0.1) is 0 Å². The van der Waals surface area contributed by atoms with E-state index in [1.54, 1.807) is 11.0 Å². The summed E-state index contributed by atoms with van der Waals surface area (Å²) in [5.41, 5.74) is 0.896. The summed E-state index contributed by atoms with van der Waals surface area (Å²) in [4.78, 5) is 36.3. The fraction of sp³-hybridized carbons (Fsp3) is 0.308. The lowest BCUT2D eigenvalue weighted by Gasteiger charge is -2.30. The zero-order chi connectivity index (χ0) is 27.4. The maximum absolute atomic E-state index is 15.1. The minimum atomic E-state index is -0.861. The predicted molar refractivity (Wildman–Crippen MR) is 146 cm³/mol. The molecule has 1 N–H and O–H groups in total. The van der Waals surface area contributed by atoms with Gasteiger partial charge in [0.15, 0.2) is 11.6 Å². The van der Waals surface area contributed by atoms with Gasteiger partial charge in [-0.05, 0) is 44.9 Å². The number of aliphatic imine (C=N–C) groups is 1. The molecule has 2 aromatic carbocycles. The van der Waals surface area contributed by atoms with Crippen LogP contribution in [0.25, 0.3) is 22.2 Å². The van der Waals surface area contributed by atoms with E-state index in [0.29, 0.717) is 47.4 Å². The van der Waals surface area contributed by atoms with Gasteiger partial charge in [-0.1, -0.05) is 29.3 Å². The van der Waals surface area contributed by atoms with Gasteiger partial charge in [-0.3, -0.25) is 0 Å². The summed E-state index contributed by atoms with van der Waals surface area (Å²) in [5.74, 6) is -0.190. The molecule has 0 fully saturated rings. The average Bonchev–Trinajstić information content (AvgIpc) is 2.87. The van der Waals surface area contributed by atoms with Crippen molar-refractivity contribution in [3.8, 4) is 11.4 Å². The topological polar surface area (TPSA) is 98.1 Å². The number of nitrogens with one attached hydrogen (secondary N) is 1. The van der Waals surface area contributed by atoms with Crippen molar-refractivity contribution in [2.45, 2.75) is 32.8 Å².